The van der Waals surface area contributed by atoms with Crippen LogP contribution in [0.25, 0.3) is 10.8 Å². The third kappa shape index (κ3) is 3.98. The van der Waals surface area contributed by atoms with Gasteiger partial charge in [0.1, 0.15) is 5.75 Å². The Morgan fingerprint density at radius 1 is 0.960 bits per heavy atom. The quantitative estimate of drug-likeness (QED) is 0.560. The van der Waals surface area contributed by atoms with Crippen LogP contribution in [-0.2, 0) is 11.3 Å². The number of esters is 1. The molecule has 0 unspecified atom stereocenters. The zero-order chi connectivity index (χ0) is 17.8. The molecule has 3 rings (SSSR count). The summed E-state index contributed by atoms with van der Waals surface area (Å²) in [6.45, 7) is 1.88. The van der Waals surface area contributed by atoms with Crippen LogP contribution in [0.4, 0.5) is 0 Å². The summed E-state index contributed by atoms with van der Waals surface area (Å²) in [5.74, 6) is -0.0796. The third-order valence-electron chi connectivity index (χ3n) is 3.76. The van der Waals surface area contributed by atoms with Crippen molar-refractivity contribution in [3.05, 3.63) is 76.8 Å². The molecule has 0 saturated heterocycles. The van der Waals surface area contributed by atoms with Crippen molar-refractivity contribution in [1.29, 1.82) is 0 Å². The number of nitrogens with one attached hydrogen (secondary N) is 1. The van der Waals surface area contributed by atoms with E-state index in [0.29, 0.717) is 22.9 Å². The normalized spacial score (nSPS) is 10.5. The first-order valence-corrected chi connectivity index (χ1v) is 8.15. The van der Waals surface area contributed by atoms with E-state index in [1.165, 1.54) is 6.92 Å². The molecule has 3 aromatic carbocycles. The average molecular weight is 354 g/mol. The van der Waals surface area contributed by atoms with E-state index in [-0.39, 0.29) is 5.91 Å². The third-order valence-corrected chi connectivity index (χ3v) is 4.09. The highest BCUT2D eigenvalue weighted by molar-refractivity contribution is 6.35. The molecule has 126 valence electrons. The summed E-state index contributed by atoms with van der Waals surface area (Å²) in [7, 11) is 0. The highest BCUT2D eigenvalue weighted by atomic mass is 35.5. The molecule has 1 amide bonds. The van der Waals surface area contributed by atoms with Crippen molar-refractivity contribution in [3.63, 3.8) is 0 Å². The molecule has 0 fully saturated rings. The highest BCUT2D eigenvalue weighted by Crippen LogP contribution is 2.31. The topological polar surface area (TPSA) is 55.4 Å². The van der Waals surface area contributed by atoms with Crippen LogP contribution in [0.5, 0.6) is 5.75 Å². The molecule has 0 aliphatic rings. The molecular weight excluding hydrogens is 338 g/mol. The highest BCUT2D eigenvalue weighted by Gasteiger charge is 2.12. The molecule has 0 bridgehead atoms. The molecular formula is C20H16ClNO3. The van der Waals surface area contributed by atoms with E-state index in [4.69, 9.17) is 16.3 Å². The lowest BCUT2D eigenvalue weighted by Crippen LogP contribution is -2.19. The first-order valence-electron chi connectivity index (χ1n) is 7.77. The predicted octanol–water partition coefficient (Wildman–Crippen LogP) is 4.35. The average Bonchev–Trinajstić information content (AvgIpc) is 2.63. The standard InChI is InChI=1S/C20H16ClNO3/c1-13(23)22-12-14-6-8-15(9-7-14)20(24)25-19-11-10-18(21)16-4-2-3-5-17(16)19/h2-11H,12H2,1H3,(H,22,23). The Kier molecular flexibility index (Phi) is 5.00. The molecule has 0 radical (unpaired) electrons. The number of amides is 1. The fourth-order valence-electron chi connectivity index (χ4n) is 2.47. The molecule has 5 heteroatoms. The first-order chi connectivity index (χ1) is 12.0. The monoisotopic (exact) mass is 353 g/mol. The van der Waals surface area contributed by atoms with Gasteiger partial charge in [-0.3, -0.25) is 4.79 Å². The van der Waals surface area contributed by atoms with Gasteiger partial charge in [0.05, 0.1) is 5.56 Å². The van der Waals surface area contributed by atoms with Gasteiger partial charge in [0.15, 0.2) is 0 Å². The number of rotatable bonds is 4. The fraction of sp³-hybridized carbons (Fsp3) is 0.100. The lowest BCUT2D eigenvalue weighted by Gasteiger charge is -2.09. The zero-order valence-corrected chi connectivity index (χ0v) is 14.3. The summed E-state index contributed by atoms with van der Waals surface area (Å²) in [6, 6.07) is 17.8. The molecule has 0 aromatic heterocycles. The Hall–Kier alpha value is -2.85. The molecule has 0 aliphatic heterocycles. The lowest BCUT2D eigenvalue weighted by molar-refractivity contribution is -0.119. The van der Waals surface area contributed by atoms with Crippen molar-refractivity contribution >= 4 is 34.2 Å². The Morgan fingerprint density at radius 3 is 2.32 bits per heavy atom. The summed E-state index contributed by atoms with van der Waals surface area (Å²) in [5, 5.41) is 4.93. The maximum absolute atomic E-state index is 12.4. The van der Waals surface area contributed by atoms with Crippen LogP contribution in [0.15, 0.2) is 60.7 Å². The number of carbonyl (C=O) groups is 2. The number of benzene rings is 3. The number of hydrogen-bond acceptors (Lipinski definition) is 3. The van der Waals surface area contributed by atoms with Crippen molar-refractivity contribution < 1.29 is 14.3 Å². The maximum atomic E-state index is 12.4. The SMILES string of the molecule is CC(=O)NCc1ccc(C(=O)Oc2ccc(Cl)c3ccccc23)cc1. The Balaban J connectivity index is 1.79. The van der Waals surface area contributed by atoms with Crippen molar-refractivity contribution in [1.82, 2.24) is 5.32 Å². The van der Waals surface area contributed by atoms with Crippen molar-refractivity contribution in [2.24, 2.45) is 0 Å². The number of fused-ring (bicyclic) bond motifs is 1. The van der Waals surface area contributed by atoms with E-state index in [1.54, 1.807) is 36.4 Å². The van der Waals surface area contributed by atoms with Gasteiger partial charge >= 0.3 is 5.97 Å². The van der Waals surface area contributed by atoms with Gasteiger partial charge in [-0.25, -0.2) is 4.79 Å². The van der Waals surface area contributed by atoms with E-state index in [0.717, 1.165) is 16.3 Å². The van der Waals surface area contributed by atoms with Gasteiger partial charge in [0, 0.05) is 29.3 Å². The van der Waals surface area contributed by atoms with Crippen LogP contribution in [0.2, 0.25) is 5.02 Å². The number of ether oxygens (including phenoxy) is 1. The summed E-state index contributed by atoms with van der Waals surface area (Å²) < 4.78 is 5.54. The smallest absolute Gasteiger partial charge is 0.343 e. The second-order valence-electron chi connectivity index (χ2n) is 5.59. The Bertz CT molecular complexity index is 935. The Labute approximate surface area is 150 Å². The lowest BCUT2D eigenvalue weighted by atomic mass is 10.1. The number of hydrogen-bond donors (Lipinski definition) is 1. The summed E-state index contributed by atoms with van der Waals surface area (Å²) in [6.07, 6.45) is 0. The van der Waals surface area contributed by atoms with Crippen molar-refractivity contribution in [3.8, 4) is 5.75 Å². The number of carbonyl (C=O) groups excluding carboxylic acids is 2. The van der Waals surface area contributed by atoms with Gasteiger partial charge < -0.3 is 10.1 Å². The zero-order valence-electron chi connectivity index (χ0n) is 13.6. The van der Waals surface area contributed by atoms with Gasteiger partial charge in [-0.05, 0) is 29.8 Å². The van der Waals surface area contributed by atoms with E-state index in [1.807, 2.05) is 24.3 Å². The molecule has 4 nitrogen and oxygen atoms in total. The van der Waals surface area contributed by atoms with Gasteiger partial charge in [0.2, 0.25) is 5.91 Å². The van der Waals surface area contributed by atoms with E-state index in [2.05, 4.69) is 5.32 Å². The van der Waals surface area contributed by atoms with Crippen LogP contribution in [0.1, 0.15) is 22.8 Å². The van der Waals surface area contributed by atoms with E-state index >= 15 is 0 Å². The fourth-order valence-corrected chi connectivity index (χ4v) is 2.70. The molecule has 1 N–H and O–H groups in total. The van der Waals surface area contributed by atoms with Gasteiger partial charge in [0.25, 0.3) is 0 Å². The van der Waals surface area contributed by atoms with Crippen LogP contribution in [-0.4, -0.2) is 11.9 Å². The molecule has 0 aliphatic carbocycles. The minimum absolute atomic E-state index is 0.0990. The summed E-state index contributed by atoms with van der Waals surface area (Å²) in [5.41, 5.74) is 1.34. The largest absolute Gasteiger partial charge is 0.422 e. The van der Waals surface area contributed by atoms with E-state index in [9.17, 15) is 9.59 Å². The van der Waals surface area contributed by atoms with Crippen LogP contribution < -0.4 is 10.1 Å². The molecule has 0 atom stereocenters. The van der Waals surface area contributed by atoms with Crippen LogP contribution in [0.3, 0.4) is 0 Å². The molecule has 0 spiro atoms. The molecule has 0 saturated carbocycles. The number of halogens is 1. The van der Waals surface area contributed by atoms with Gasteiger partial charge in [-0.15, -0.1) is 0 Å². The van der Waals surface area contributed by atoms with Gasteiger partial charge in [-0.1, -0.05) is 48.0 Å². The second-order valence-corrected chi connectivity index (χ2v) is 5.99. The second kappa shape index (κ2) is 7.36. The molecule has 3 aromatic rings. The van der Waals surface area contributed by atoms with Crippen LogP contribution in [0, 0.1) is 0 Å². The summed E-state index contributed by atoms with van der Waals surface area (Å²) in [4.78, 5) is 23.3. The van der Waals surface area contributed by atoms with Crippen molar-refractivity contribution in [2.45, 2.75) is 13.5 Å². The maximum Gasteiger partial charge on any atom is 0.343 e. The van der Waals surface area contributed by atoms with Gasteiger partial charge in [-0.2, -0.15) is 0 Å². The van der Waals surface area contributed by atoms with E-state index < -0.39 is 5.97 Å². The first kappa shape index (κ1) is 17.0. The minimum Gasteiger partial charge on any atom is -0.422 e. The van der Waals surface area contributed by atoms with Crippen LogP contribution >= 0.6 is 11.6 Å². The summed E-state index contributed by atoms with van der Waals surface area (Å²) >= 11 is 6.18. The molecule has 0 heterocycles. The molecule has 25 heavy (non-hydrogen) atoms. The minimum atomic E-state index is -0.446. The van der Waals surface area contributed by atoms with Crippen molar-refractivity contribution in [2.75, 3.05) is 0 Å². The predicted molar refractivity (Wildman–Crippen MR) is 97.9 cm³/mol. The Morgan fingerprint density at radius 2 is 1.64 bits per heavy atom.